The van der Waals surface area contributed by atoms with Crippen LogP contribution in [0.5, 0.6) is 0 Å². The Morgan fingerprint density at radius 1 is 1.10 bits per heavy atom. The molecule has 0 bridgehead atoms. The van der Waals surface area contributed by atoms with Crippen LogP contribution in [0.15, 0.2) is 24.3 Å². The summed E-state index contributed by atoms with van der Waals surface area (Å²) in [5.74, 6) is -1.95. The van der Waals surface area contributed by atoms with E-state index in [0.29, 0.717) is 21.7 Å². The van der Waals surface area contributed by atoms with Gasteiger partial charge in [0.05, 0.1) is 23.3 Å². The van der Waals surface area contributed by atoms with Gasteiger partial charge in [-0.15, -0.1) is 11.3 Å². The van der Waals surface area contributed by atoms with Gasteiger partial charge < -0.3 is 10.1 Å². The smallest absolute Gasteiger partial charge is 0.341 e. The van der Waals surface area contributed by atoms with Crippen LogP contribution in [0.2, 0.25) is 0 Å². The standard InChI is InChI=1S/C23H24N2O5S/c1-3-30-23(29)18-16-11-5-4-6-12-17(16)31-20(18)24-19(26)13(2)25-21(27)14-9-7-8-10-15(14)22(25)28/h7-10,13H,3-6,11-12H2,1-2H3,(H,24,26). The number of fused-ring (bicyclic) bond motifs is 2. The van der Waals surface area contributed by atoms with Gasteiger partial charge in [0, 0.05) is 4.88 Å². The van der Waals surface area contributed by atoms with E-state index in [1.165, 1.54) is 18.3 Å². The zero-order valence-electron chi connectivity index (χ0n) is 17.5. The van der Waals surface area contributed by atoms with Gasteiger partial charge in [0.1, 0.15) is 11.0 Å². The first kappa shape index (κ1) is 21.2. The number of amides is 3. The Hall–Kier alpha value is -3.00. The molecular weight excluding hydrogens is 416 g/mol. The Kier molecular flexibility index (Phi) is 5.91. The van der Waals surface area contributed by atoms with Crippen LogP contribution in [-0.4, -0.2) is 41.2 Å². The fourth-order valence-electron chi connectivity index (χ4n) is 4.14. The van der Waals surface area contributed by atoms with E-state index in [1.807, 2.05) is 0 Å². The summed E-state index contributed by atoms with van der Waals surface area (Å²) in [4.78, 5) is 53.2. The van der Waals surface area contributed by atoms with Crippen LogP contribution in [0.3, 0.4) is 0 Å². The lowest BCUT2D eigenvalue weighted by atomic mass is 10.1. The highest BCUT2D eigenvalue weighted by Crippen LogP contribution is 2.38. The average molecular weight is 441 g/mol. The molecule has 0 saturated heterocycles. The number of carbonyl (C=O) groups excluding carboxylic acids is 4. The van der Waals surface area contributed by atoms with E-state index in [4.69, 9.17) is 4.74 Å². The van der Waals surface area contributed by atoms with Crippen molar-refractivity contribution in [3.63, 3.8) is 0 Å². The lowest BCUT2D eigenvalue weighted by Gasteiger charge is -2.21. The number of rotatable bonds is 5. The topological polar surface area (TPSA) is 92.8 Å². The van der Waals surface area contributed by atoms with E-state index in [-0.39, 0.29) is 6.61 Å². The summed E-state index contributed by atoms with van der Waals surface area (Å²) in [7, 11) is 0. The molecule has 0 radical (unpaired) electrons. The number of thiophene rings is 1. The van der Waals surface area contributed by atoms with Crippen molar-refractivity contribution in [2.45, 2.75) is 52.0 Å². The van der Waals surface area contributed by atoms with E-state index in [9.17, 15) is 19.2 Å². The Balaban J connectivity index is 1.61. The average Bonchev–Trinajstić information content (AvgIpc) is 3.10. The molecule has 2 heterocycles. The molecule has 31 heavy (non-hydrogen) atoms. The van der Waals surface area contributed by atoms with Crippen molar-refractivity contribution in [2.24, 2.45) is 0 Å². The molecule has 1 atom stereocenters. The van der Waals surface area contributed by atoms with Gasteiger partial charge in [-0.1, -0.05) is 18.6 Å². The highest BCUT2D eigenvalue weighted by atomic mass is 32.1. The molecule has 2 aliphatic rings. The molecule has 1 N–H and O–H groups in total. The lowest BCUT2D eigenvalue weighted by Crippen LogP contribution is -2.45. The number of hydrogen-bond donors (Lipinski definition) is 1. The van der Waals surface area contributed by atoms with Gasteiger partial charge in [-0.2, -0.15) is 0 Å². The summed E-state index contributed by atoms with van der Waals surface area (Å²) in [6.07, 6.45) is 4.74. The summed E-state index contributed by atoms with van der Waals surface area (Å²) in [5.41, 5.74) is 1.95. The highest BCUT2D eigenvalue weighted by Gasteiger charge is 2.41. The number of benzene rings is 1. The number of nitrogens with one attached hydrogen (secondary N) is 1. The fraction of sp³-hybridized carbons (Fsp3) is 0.391. The minimum absolute atomic E-state index is 0.238. The molecule has 2 aromatic rings. The third kappa shape index (κ3) is 3.76. The molecule has 0 spiro atoms. The number of imide groups is 1. The molecule has 1 aliphatic heterocycles. The van der Waals surface area contributed by atoms with Crippen molar-refractivity contribution in [3.05, 3.63) is 51.4 Å². The molecule has 8 heteroatoms. The van der Waals surface area contributed by atoms with Crippen molar-refractivity contribution in [1.82, 2.24) is 4.90 Å². The maximum absolute atomic E-state index is 13.1. The van der Waals surface area contributed by atoms with E-state index in [1.54, 1.807) is 31.2 Å². The third-order valence-electron chi connectivity index (χ3n) is 5.73. The van der Waals surface area contributed by atoms with Gasteiger partial charge in [0.25, 0.3) is 11.8 Å². The Bertz CT molecular complexity index is 1040. The van der Waals surface area contributed by atoms with Gasteiger partial charge in [-0.25, -0.2) is 4.79 Å². The number of ether oxygens (including phenoxy) is 1. The molecule has 3 amide bonds. The second-order valence-electron chi connectivity index (χ2n) is 7.68. The minimum atomic E-state index is -1.02. The van der Waals surface area contributed by atoms with Gasteiger partial charge in [-0.05, 0) is 57.2 Å². The van der Waals surface area contributed by atoms with Crippen molar-refractivity contribution in [3.8, 4) is 0 Å². The molecule has 1 aliphatic carbocycles. The zero-order chi connectivity index (χ0) is 22.1. The largest absolute Gasteiger partial charge is 0.462 e. The molecule has 1 aromatic carbocycles. The van der Waals surface area contributed by atoms with E-state index < -0.39 is 29.7 Å². The van der Waals surface area contributed by atoms with Gasteiger partial charge in [-0.3, -0.25) is 19.3 Å². The third-order valence-corrected chi connectivity index (χ3v) is 6.94. The van der Waals surface area contributed by atoms with E-state index in [0.717, 1.165) is 47.4 Å². The quantitative estimate of drug-likeness (QED) is 0.434. The maximum atomic E-state index is 13.1. The van der Waals surface area contributed by atoms with Crippen LogP contribution in [0, 0.1) is 0 Å². The number of carbonyl (C=O) groups is 4. The minimum Gasteiger partial charge on any atom is -0.462 e. The molecule has 162 valence electrons. The number of esters is 1. The summed E-state index contributed by atoms with van der Waals surface area (Å²) in [6, 6.07) is 5.50. The van der Waals surface area contributed by atoms with E-state index >= 15 is 0 Å². The molecule has 1 unspecified atom stereocenters. The molecule has 1 aromatic heterocycles. The Labute approximate surface area is 184 Å². The van der Waals surface area contributed by atoms with Gasteiger partial charge in [0.15, 0.2) is 0 Å². The van der Waals surface area contributed by atoms with Crippen molar-refractivity contribution in [1.29, 1.82) is 0 Å². The predicted molar refractivity (Wildman–Crippen MR) is 117 cm³/mol. The summed E-state index contributed by atoms with van der Waals surface area (Å²) < 4.78 is 5.25. The maximum Gasteiger partial charge on any atom is 0.341 e. The highest BCUT2D eigenvalue weighted by molar-refractivity contribution is 7.17. The zero-order valence-corrected chi connectivity index (χ0v) is 18.3. The summed E-state index contributed by atoms with van der Waals surface area (Å²) >= 11 is 1.39. The number of anilines is 1. The second-order valence-corrected chi connectivity index (χ2v) is 8.79. The Morgan fingerprint density at radius 3 is 2.39 bits per heavy atom. The summed E-state index contributed by atoms with van der Waals surface area (Å²) in [6.45, 7) is 3.49. The number of aryl methyl sites for hydroxylation is 1. The first-order chi connectivity index (χ1) is 14.9. The molecule has 4 rings (SSSR count). The predicted octanol–water partition coefficient (Wildman–Crippen LogP) is 3.82. The van der Waals surface area contributed by atoms with E-state index in [2.05, 4.69) is 5.32 Å². The summed E-state index contributed by atoms with van der Waals surface area (Å²) in [5, 5.41) is 3.23. The van der Waals surface area contributed by atoms with Crippen molar-refractivity contribution >= 4 is 40.0 Å². The van der Waals surface area contributed by atoms with Crippen LogP contribution in [0.25, 0.3) is 0 Å². The van der Waals surface area contributed by atoms with Crippen molar-refractivity contribution in [2.75, 3.05) is 11.9 Å². The van der Waals surface area contributed by atoms with Crippen LogP contribution in [0.4, 0.5) is 5.00 Å². The van der Waals surface area contributed by atoms with Crippen LogP contribution < -0.4 is 5.32 Å². The Morgan fingerprint density at radius 2 is 1.74 bits per heavy atom. The van der Waals surface area contributed by atoms with Crippen LogP contribution in [0.1, 0.15) is 74.6 Å². The molecule has 0 fully saturated rings. The molecule has 0 saturated carbocycles. The number of hydrogen-bond acceptors (Lipinski definition) is 6. The molecular formula is C23H24N2O5S. The van der Waals surface area contributed by atoms with Gasteiger partial charge >= 0.3 is 5.97 Å². The SMILES string of the molecule is CCOC(=O)c1c(NC(=O)C(C)N2C(=O)c3ccccc3C2=O)sc2c1CCCCC2. The first-order valence-corrected chi connectivity index (χ1v) is 11.3. The lowest BCUT2D eigenvalue weighted by molar-refractivity contribution is -0.119. The normalized spacial score (nSPS) is 16.4. The van der Waals surface area contributed by atoms with Crippen molar-refractivity contribution < 1.29 is 23.9 Å². The molecule has 7 nitrogen and oxygen atoms in total. The second kappa shape index (κ2) is 8.63. The first-order valence-electron chi connectivity index (χ1n) is 10.5. The van der Waals surface area contributed by atoms with Crippen LogP contribution in [-0.2, 0) is 22.4 Å². The van der Waals surface area contributed by atoms with Crippen LogP contribution >= 0.6 is 11.3 Å². The fourth-order valence-corrected chi connectivity index (χ4v) is 5.42. The number of nitrogens with zero attached hydrogens (tertiary/aromatic N) is 1. The van der Waals surface area contributed by atoms with Gasteiger partial charge in [0.2, 0.25) is 5.91 Å². The monoisotopic (exact) mass is 440 g/mol.